The van der Waals surface area contributed by atoms with Crippen LogP contribution < -0.4 is 5.32 Å². The van der Waals surface area contributed by atoms with Gasteiger partial charge in [-0.3, -0.25) is 0 Å². The summed E-state index contributed by atoms with van der Waals surface area (Å²) in [4.78, 5) is 0. The number of halogens is 2. The highest BCUT2D eigenvalue weighted by Crippen LogP contribution is 2.36. The first-order valence-electron chi connectivity index (χ1n) is 5.82. The molecule has 1 N–H and O–H groups in total. The quantitative estimate of drug-likeness (QED) is 0.841. The molecule has 2 rings (SSSR count). The Morgan fingerprint density at radius 3 is 2.81 bits per heavy atom. The first-order chi connectivity index (χ1) is 7.61. The van der Waals surface area contributed by atoms with E-state index in [1.807, 2.05) is 18.2 Å². The molecule has 1 saturated carbocycles. The van der Waals surface area contributed by atoms with Crippen LogP contribution in [0.4, 0.5) is 0 Å². The second-order valence-electron chi connectivity index (χ2n) is 4.56. The summed E-state index contributed by atoms with van der Waals surface area (Å²) in [7, 11) is 0. The third kappa shape index (κ3) is 2.71. The second kappa shape index (κ2) is 4.95. The maximum Gasteiger partial charge on any atom is 0.0454 e. The molecule has 1 aliphatic carbocycles. The molecular formula is C13H17Cl2N. The molecule has 0 aromatic heterocycles. The number of rotatable bonds is 4. The average Bonchev–Trinajstić information content (AvgIpc) is 3.00. The van der Waals surface area contributed by atoms with E-state index in [2.05, 4.69) is 19.2 Å². The fraction of sp³-hybridized carbons (Fsp3) is 0.538. The molecule has 1 fully saturated rings. The van der Waals surface area contributed by atoms with Crippen LogP contribution in [0.5, 0.6) is 0 Å². The maximum absolute atomic E-state index is 6.17. The van der Waals surface area contributed by atoms with Crippen molar-refractivity contribution in [1.82, 2.24) is 5.32 Å². The van der Waals surface area contributed by atoms with Crippen molar-refractivity contribution in [3.05, 3.63) is 33.8 Å². The van der Waals surface area contributed by atoms with Gasteiger partial charge in [-0.2, -0.15) is 0 Å². The Bertz CT molecular complexity index is 378. The fourth-order valence-electron chi connectivity index (χ4n) is 2.16. The highest BCUT2D eigenvalue weighted by molar-refractivity contribution is 6.33. The minimum absolute atomic E-state index is 0.271. The third-order valence-electron chi connectivity index (χ3n) is 3.34. The van der Waals surface area contributed by atoms with Gasteiger partial charge in [-0.15, -0.1) is 0 Å². The van der Waals surface area contributed by atoms with Gasteiger partial charge in [-0.1, -0.05) is 36.5 Å². The third-order valence-corrected chi connectivity index (χ3v) is 3.91. The van der Waals surface area contributed by atoms with Crippen LogP contribution in [-0.4, -0.2) is 6.04 Å². The van der Waals surface area contributed by atoms with Gasteiger partial charge in [0.1, 0.15) is 0 Å². The van der Waals surface area contributed by atoms with Gasteiger partial charge in [0.05, 0.1) is 0 Å². The lowest BCUT2D eigenvalue weighted by Gasteiger charge is -2.16. The monoisotopic (exact) mass is 257 g/mol. The van der Waals surface area contributed by atoms with Crippen molar-refractivity contribution in [1.29, 1.82) is 0 Å². The molecule has 0 heterocycles. The van der Waals surface area contributed by atoms with Crippen molar-refractivity contribution in [3.63, 3.8) is 0 Å². The maximum atomic E-state index is 6.17. The summed E-state index contributed by atoms with van der Waals surface area (Å²) in [6, 6.07) is 6.57. The predicted molar refractivity (Wildman–Crippen MR) is 70.2 cm³/mol. The highest BCUT2D eigenvalue weighted by Gasteiger charge is 2.36. The van der Waals surface area contributed by atoms with Crippen LogP contribution in [0.25, 0.3) is 0 Å². The molecule has 0 bridgehead atoms. The number of hydrogen-bond donors (Lipinski definition) is 1. The molecule has 0 radical (unpaired) electrons. The number of hydrogen-bond acceptors (Lipinski definition) is 1. The summed E-state index contributed by atoms with van der Waals surface area (Å²) in [5, 5.41) is 5.13. The minimum Gasteiger partial charge on any atom is -0.307 e. The Kier molecular flexibility index (Phi) is 3.78. The fourth-order valence-corrected chi connectivity index (χ4v) is 2.62. The Labute approximate surface area is 107 Å². The van der Waals surface area contributed by atoms with Gasteiger partial charge in [-0.05, 0) is 43.0 Å². The van der Waals surface area contributed by atoms with Crippen LogP contribution in [0.3, 0.4) is 0 Å². The van der Waals surface area contributed by atoms with Gasteiger partial charge in [-0.25, -0.2) is 0 Å². The van der Waals surface area contributed by atoms with E-state index in [9.17, 15) is 0 Å². The minimum atomic E-state index is 0.271. The Morgan fingerprint density at radius 1 is 1.44 bits per heavy atom. The molecule has 0 spiro atoms. The van der Waals surface area contributed by atoms with E-state index in [0.717, 1.165) is 21.5 Å². The SMILES string of the molecule is CCC1CC1NC(C)c1cc(Cl)ccc1Cl. The van der Waals surface area contributed by atoms with Crippen LogP contribution in [0.15, 0.2) is 18.2 Å². The first-order valence-corrected chi connectivity index (χ1v) is 6.58. The topological polar surface area (TPSA) is 12.0 Å². The lowest BCUT2D eigenvalue weighted by Crippen LogP contribution is -2.22. The summed E-state index contributed by atoms with van der Waals surface area (Å²) in [6.45, 7) is 4.38. The molecule has 1 aromatic carbocycles. The zero-order chi connectivity index (χ0) is 11.7. The van der Waals surface area contributed by atoms with Crippen molar-refractivity contribution in [2.75, 3.05) is 0 Å². The van der Waals surface area contributed by atoms with E-state index in [1.54, 1.807) is 0 Å². The molecule has 3 heteroatoms. The van der Waals surface area contributed by atoms with Crippen LogP contribution in [0.2, 0.25) is 10.0 Å². The van der Waals surface area contributed by atoms with E-state index >= 15 is 0 Å². The predicted octanol–water partition coefficient (Wildman–Crippen LogP) is 4.44. The van der Waals surface area contributed by atoms with Crippen LogP contribution in [0.1, 0.15) is 38.3 Å². The van der Waals surface area contributed by atoms with Gasteiger partial charge in [0.15, 0.2) is 0 Å². The molecule has 16 heavy (non-hydrogen) atoms. The lowest BCUT2D eigenvalue weighted by molar-refractivity contribution is 0.539. The average molecular weight is 258 g/mol. The largest absolute Gasteiger partial charge is 0.307 e. The second-order valence-corrected chi connectivity index (χ2v) is 5.41. The van der Waals surface area contributed by atoms with Crippen LogP contribution >= 0.6 is 23.2 Å². The van der Waals surface area contributed by atoms with Gasteiger partial charge < -0.3 is 5.32 Å². The van der Waals surface area contributed by atoms with Crippen molar-refractivity contribution < 1.29 is 0 Å². The molecule has 3 unspecified atom stereocenters. The van der Waals surface area contributed by atoms with Gasteiger partial charge in [0.25, 0.3) is 0 Å². The highest BCUT2D eigenvalue weighted by atomic mass is 35.5. The Balaban J connectivity index is 2.03. The van der Waals surface area contributed by atoms with Crippen molar-refractivity contribution in [2.24, 2.45) is 5.92 Å². The summed E-state index contributed by atoms with van der Waals surface area (Å²) in [6.07, 6.45) is 2.55. The Hall–Kier alpha value is -0.240. The van der Waals surface area contributed by atoms with Crippen molar-refractivity contribution in [2.45, 2.75) is 38.8 Å². The molecule has 0 saturated heterocycles. The number of nitrogens with one attached hydrogen (secondary N) is 1. The van der Waals surface area contributed by atoms with Gasteiger partial charge in [0, 0.05) is 22.1 Å². The van der Waals surface area contributed by atoms with E-state index < -0.39 is 0 Å². The summed E-state index contributed by atoms with van der Waals surface area (Å²) in [5.41, 5.74) is 1.09. The first kappa shape index (κ1) is 12.2. The van der Waals surface area contributed by atoms with E-state index in [-0.39, 0.29) is 6.04 Å². The summed E-state index contributed by atoms with van der Waals surface area (Å²) in [5.74, 6) is 0.848. The molecular weight excluding hydrogens is 241 g/mol. The number of benzene rings is 1. The van der Waals surface area contributed by atoms with Crippen LogP contribution in [0, 0.1) is 5.92 Å². The van der Waals surface area contributed by atoms with E-state index in [0.29, 0.717) is 6.04 Å². The van der Waals surface area contributed by atoms with Crippen LogP contribution in [-0.2, 0) is 0 Å². The van der Waals surface area contributed by atoms with Crippen molar-refractivity contribution in [3.8, 4) is 0 Å². The van der Waals surface area contributed by atoms with E-state index in [4.69, 9.17) is 23.2 Å². The van der Waals surface area contributed by atoms with Gasteiger partial charge in [0.2, 0.25) is 0 Å². The molecule has 0 amide bonds. The van der Waals surface area contributed by atoms with E-state index in [1.165, 1.54) is 12.8 Å². The molecule has 1 aliphatic rings. The zero-order valence-electron chi connectivity index (χ0n) is 9.63. The molecule has 0 aliphatic heterocycles. The normalized spacial score (nSPS) is 25.5. The lowest BCUT2D eigenvalue weighted by atomic mass is 10.1. The smallest absolute Gasteiger partial charge is 0.0454 e. The van der Waals surface area contributed by atoms with Gasteiger partial charge >= 0.3 is 0 Å². The summed E-state index contributed by atoms with van der Waals surface area (Å²) >= 11 is 12.1. The molecule has 88 valence electrons. The molecule has 1 nitrogen and oxygen atoms in total. The molecule has 1 aromatic rings. The van der Waals surface area contributed by atoms with Crippen molar-refractivity contribution >= 4 is 23.2 Å². The standard InChI is InChI=1S/C13H17Cl2N/c1-3-9-6-13(9)16-8(2)11-7-10(14)4-5-12(11)15/h4-5,7-9,13,16H,3,6H2,1-2H3. The Morgan fingerprint density at radius 2 is 2.19 bits per heavy atom. The zero-order valence-corrected chi connectivity index (χ0v) is 11.1. The molecule has 3 atom stereocenters. The summed E-state index contributed by atoms with van der Waals surface area (Å²) < 4.78 is 0.